The molecule has 0 saturated carbocycles. The van der Waals surface area contributed by atoms with Crippen LogP contribution in [0, 0.1) is 6.92 Å². The van der Waals surface area contributed by atoms with E-state index in [1.807, 2.05) is 36.1 Å². The number of nitrogens with zero attached hydrogens (tertiary/aromatic N) is 6. The van der Waals surface area contributed by atoms with E-state index in [-0.39, 0.29) is 11.7 Å². The van der Waals surface area contributed by atoms with Gasteiger partial charge in [-0.25, -0.2) is 9.97 Å². The molecular weight excluding hydrogens is 464 g/mol. The Kier molecular flexibility index (Phi) is 5.30. The van der Waals surface area contributed by atoms with Gasteiger partial charge in [0.1, 0.15) is 5.52 Å². The third kappa shape index (κ3) is 3.56. The van der Waals surface area contributed by atoms with Crippen molar-refractivity contribution in [2.75, 3.05) is 17.2 Å². The predicted molar refractivity (Wildman–Crippen MR) is 138 cm³/mol. The predicted octanol–water partition coefficient (Wildman–Crippen LogP) is 5.11. The highest BCUT2D eigenvalue weighted by molar-refractivity contribution is 7.99. The van der Waals surface area contributed by atoms with Crippen molar-refractivity contribution in [1.29, 1.82) is 0 Å². The SMILES string of the molecule is CCn1c2ccccc2c2nnc(SCC(=O)N3CCc4cc(-c5csc(C)n5)ccc43)nc21. The van der Waals surface area contributed by atoms with Crippen LogP contribution in [0.1, 0.15) is 17.5 Å². The molecule has 0 radical (unpaired) electrons. The Hall–Kier alpha value is -3.30. The van der Waals surface area contributed by atoms with Crippen LogP contribution in [0.25, 0.3) is 33.3 Å². The normalized spacial score (nSPS) is 13.2. The van der Waals surface area contributed by atoms with Crippen LogP contribution in [0.4, 0.5) is 5.69 Å². The van der Waals surface area contributed by atoms with E-state index in [2.05, 4.69) is 50.3 Å². The van der Waals surface area contributed by atoms with Crippen LogP contribution >= 0.6 is 23.1 Å². The molecule has 0 saturated heterocycles. The first-order chi connectivity index (χ1) is 16.6. The maximum atomic E-state index is 13.1. The van der Waals surface area contributed by atoms with Crippen molar-refractivity contribution < 1.29 is 4.79 Å². The maximum Gasteiger partial charge on any atom is 0.237 e. The molecule has 2 aromatic carbocycles. The van der Waals surface area contributed by atoms with Crippen molar-refractivity contribution >= 4 is 56.8 Å². The fourth-order valence-corrected chi connectivity index (χ4v) is 5.87. The second kappa shape index (κ2) is 8.48. The number of thioether (sulfide) groups is 1. The molecule has 0 bridgehead atoms. The highest BCUT2D eigenvalue weighted by Crippen LogP contribution is 2.33. The molecule has 170 valence electrons. The number of carbonyl (C=O) groups is 1. The van der Waals surface area contributed by atoms with E-state index < -0.39 is 0 Å². The average molecular weight is 487 g/mol. The summed E-state index contributed by atoms with van der Waals surface area (Å²) in [5.74, 6) is 0.326. The number of anilines is 1. The van der Waals surface area contributed by atoms with Crippen LogP contribution in [-0.2, 0) is 17.8 Å². The van der Waals surface area contributed by atoms with Crippen molar-refractivity contribution in [1.82, 2.24) is 24.7 Å². The lowest BCUT2D eigenvalue weighted by Crippen LogP contribution is -2.30. The van der Waals surface area contributed by atoms with E-state index in [9.17, 15) is 4.79 Å². The highest BCUT2D eigenvalue weighted by Gasteiger charge is 2.25. The Labute approximate surface area is 204 Å². The Bertz CT molecular complexity index is 1560. The highest BCUT2D eigenvalue weighted by atomic mass is 32.2. The molecule has 0 spiro atoms. The van der Waals surface area contributed by atoms with Crippen molar-refractivity contribution in [2.45, 2.75) is 32.0 Å². The molecular formula is C25H22N6OS2. The number of aromatic nitrogens is 5. The summed E-state index contributed by atoms with van der Waals surface area (Å²) in [7, 11) is 0. The van der Waals surface area contributed by atoms with Crippen molar-refractivity contribution in [3.63, 3.8) is 0 Å². The number of benzene rings is 2. The molecule has 0 unspecified atom stereocenters. The molecule has 1 amide bonds. The summed E-state index contributed by atoms with van der Waals surface area (Å²) >= 11 is 2.99. The summed E-state index contributed by atoms with van der Waals surface area (Å²) in [6.45, 7) is 5.59. The van der Waals surface area contributed by atoms with E-state index in [0.717, 1.165) is 57.0 Å². The second-order valence-corrected chi connectivity index (χ2v) is 10.2. The Balaban J connectivity index is 1.21. The minimum absolute atomic E-state index is 0.0562. The van der Waals surface area contributed by atoms with Crippen LogP contribution in [0.2, 0.25) is 0 Å². The van der Waals surface area contributed by atoms with Gasteiger partial charge in [-0.3, -0.25) is 4.79 Å². The van der Waals surface area contributed by atoms with Crippen LogP contribution < -0.4 is 4.90 Å². The van der Waals surface area contributed by atoms with Gasteiger partial charge in [0.15, 0.2) is 5.65 Å². The van der Waals surface area contributed by atoms with Crippen molar-refractivity contribution in [3.8, 4) is 11.3 Å². The Morgan fingerprint density at radius 1 is 1.15 bits per heavy atom. The monoisotopic (exact) mass is 486 g/mol. The van der Waals surface area contributed by atoms with Crippen LogP contribution in [-0.4, -0.2) is 42.9 Å². The largest absolute Gasteiger partial charge is 0.324 e. The van der Waals surface area contributed by atoms with E-state index in [1.165, 1.54) is 17.3 Å². The number of fused-ring (bicyclic) bond motifs is 4. The first kappa shape index (κ1) is 21.2. The van der Waals surface area contributed by atoms with E-state index in [0.29, 0.717) is 11.7 Å². The first-order valence-electron chi connectivity index (χ1n) is 11.2. The van der Waals surface area contributed by atoms with Crippen molar-refractivity contribution in [3.05, 3.63) is 58.4 Å². The maximum absolute atomic E-state index is 13.1. The summed E-state index contributed by atoms with van der Waals surface area (Å²) in [5.41, 5.74) is 6.98. The van der Waals surface area contributed by atoms with Crippen LogP contribution in [0.15, 0.2) is 53.0 Å². The van der Waals surface area contributed by atoms with Gasteiger partial charge >= 0.3 is 0 Å². The molecule has 0 fully saturated rings. The molecule has 1 aliphatic rings. The van der Waals surface area contributed by atoms with Gasteiger partial charge in [-0.1, -0.05) is 36.0 Å². The van der Waals surface area contributed by atoms with Gasteiger partial charge < -0.3 is 9.47 Å². The smallest absolute Gasteiger partial charge is 0.237 e. The van der Waals surface area contributed by atoms with E-state index >= 15 is 0 Å². The fourth-order valence-electron chi connectivity index (χ4n) is 4.59. The Morgan fingerprint density at radius 2 is 2.03 bits per heavy atom. The van der Waals surface area contributed by atoms with Gasteiger partial charge in [-0.05, 0) is 44.0 Å². The lowest BCUT2D eigenvalue weighted by atomic mass is 10.1. The minimum Gasteiger partial charge on any atom is -0.324 e. The van der Waals surface area contributed by atoms with Crippen LogP contribution in [0.3, 0.4) is 0 Å². The number of para-hydroxylation sites is 1. The second-order valence-electron chi connectivity index (χ2n) is 8.21. The number of amides is 1. The van der Waals surface area contributed by atoms with Gasteiger partial charge in [0.25, 0.3) is 0 Å². The zero-order chi connectivity index (χ0) is 23.2. The minimum atomic E-state index is 0.0562. The molecule has 5 aromatic rings. The summed E-state index contributed by atoms with van der Waals surface area (Å²) in [6, 6.07) is 14.4. The first-order valence-corrected chi connectivity index (χ1v) is 13.1. The van der Waals surface area contributed by atoms with Gasteiger partial charge in [0.2, 0.25) is 11.1 Å². The summed E-state index contributed by atoms with van der Waals surface area (Å²) in [4.78, 5) is 24.3. The van der Waals surface area contributed by atoms with Gasteiger partial charge in [0, 0.05) is 35.1 Å². The molecule has 0 aliphatic carbocycles. The molecule has 0 atom stereocenters. The van der Waals surface area contributed by atoms with Gasteiger partial charge in [-0.2, -0.15) is 0 Å². The zero-order valence-corrected chi connectivity index (χ0v) is 20.5. The zero-order valence-electron chi connectivity index (χ0n) is 18.9. The topological polar surface area (TPSA) is 76.8 Å². The number of hydrogen-bond donors (Lipinski definition) is 0. The molecule has 0 N–H and O–H groups in total. The third-order valence-corrected chi connectivity index (χ3v) is 7.78. The van der Waals surface area contributed by atoms with Crippen LogP contribution in [0.5, 0.6) is 0 Å². The summed E-state index contributed by atoms with van der Waals surface area (Å²) in [6.07, 6.45) is 0.851. The molecule has 4 heterocycles. The lowest BCUT2D eigenvalue weighted by Gasteiger charge is -2.17. The average Bonchev–Trinajstić information content (AvgIpc) is 3.57. The van der Waals surface area contributed by atoms with Crippen molar-refractivity contribution in [2.24, 2.45) is 0 Å². The van der Waals surface area contributed by atoms with Gasteiger partial charge in [-0.15, -0.1) is 21.5 Å². The molecule has 7 nitrogen and oxygen atoms in total. The van der Waals surface area contributed by atoms with Gasteiger partial charge in [0.05, 0.1) is 22.0 Å². The molecule has 3 aromatic heterocycles. The fraction of sp³-hybridized carbons (Fsp3) is 0.240. The third-order valence-electron chi connectivity index (χ3n) is 6.19. The molecule has 9 heteroatoms. The number of rotatable bonds is 5. The standard InChI is InChI=1S/C25H22N6OS2/c1-3-30-21-7-5-4-6-18(21)23-24(30)27-25(29-28-23)34-14-22(32)31-11-10-17-12-16(8-9-20(17)31)19-13-33-15(2)26-19/h4-9,12-13H,3,10-11,14H2,1-2H3. The number of hydrogen-bond acceptors (Lipinski definition) is 7. The summed E-state index contributed by atoms with van der Waals surface area (Å²) < 4.78 is 2.14. The van der Waals surface area contributed by atoms with E-state index in [1.54, 1.807) is 11.3 Å². The Morgan fingerprint density at radius 3 is 2.85 bits per heavy atom. The number of carbonyl (C=O) groups excluding carboxylic acids is 1. The van der Waals surface area contributed by atoms with E-state index in [4.69, 9.17) is 4.98 Å². The molecule has 6 rings (SSSR count). The number of aryl methyl sites for hydroxylation is 2. The summed E-state index contributed by atoms with van der Waals surface area (Å²) in [5, 5.41) is 13.5. The lowest BCUT2D eigenvalue weighted by molar-refractivity contribution is -0.116. The number of thiazole rings is 1. The molecule has 34 heavy (non-hydrogen) atoms. The molecule has 1 aliphatic heterocycles. The quantitative estimate of drug-likeness (QED) is 0.321.